The Labute approximate surface area is 171 Å². The highest BCUT2D eigenvalue weighted by Gasteiger charge is 2.30. The van der Waals surface area contributed by atoms with Crippen LogP contribution < -0.4 is 16.3 Å². The van der Waals surface area contributed by atoms with Crippen molar-refractivity contribution in [1.82, 2.24) is 15.3 Å². The van der Waals surface area contributed by atoms with Crippen LogP contribution in [0.2, 0.25) is 10.0 Å². The van der Waals surface area contributed by atoms with Crippen LogP contribution in [0.1, 0.15) is 29.7 Å². The van der Waals surface area contributed by atoms with Crippen molar-refractivity contribution in [3.8, 4) is 0 Å². The highest BCUT2D eigenvalue weighted by Crippen LogP contribution is 2.34. The SMILES string of the molecule is O=C1CC(c2cccn(C3CNCCOC3c3ccc(Cl)c(Cl)c3)c2=O)=NN1. The summed E-state index contributed by atoms with van der Waals surface area (Å²) in [5.41, 5.74) is 3.85. The van der Waals surface area contributed by atoms with Crippen molar-refractivity contribution < 1.29 is 9.53 Å². The van der Waals surface area contributed by atoms with E-state index in [9.17, 15) is 9.59 Å². The van der Waals surface area contributed by atoms with Crippen molar-refractivity contribution in [1.29, 1.82) is 0 Å². The molecule has 2 atom stereocenters. The fourth-order valence-electron chi connectivity index (χ4n) is 3.49. The Morgan fingerprint density at radius 1 is 1.18 bits per heavy atom. The number of nitrogens with one attached hydrogen (secondary N) is 2. The zero-order chi connectivity index (χ0) is 19.7. The Morgan fingerprint density at radius 2 is 2.04 bits per heavy atom. The van der Waals surface area contributed by atoms with Crippen LogP contribution in [-0.4, -0.2) is 35.9 Å². The first kappa shape index (κ1) is 19.1. The lowest BCUT2D eigenvalue weighted by atomic mass is 10.0. The van der Waals surface area contributed by atoms with Gasteiger partial charge in [0.2, 0.25) is 5.91 Å². The molecule has 1 aromatic carbocycles. The average molecular weight is 421 g/mol. The van der Waals surface area contributed by atoms with E-state index in [0.717, 1.165) is 5.56 Å². The standard InChI is InChI=1S/C19H18Cl2N4O3/c20-13-4-3-11(8-14(13)21)18-16(10-22-5-7-28-18)25-6-1-2-12(19(25)27)15-9-17(26)24-23-15/h1-4,6,8,16,18,22H,5,7,9-10H2,(H,24,26). The first-order chi connectivity index (χ1) is 13.5. The Hall–Kier alpha value is -2.19. The van der Waals surface area contributed by atoms with Crippen LogP contribution in [-0.2, 0) is 9.53 Å². The molecule has 1 aromatic heterocycles. The van der Waals surface area contributed by atoms with Gasteiger partial charge in [-0.25, -0.2) is 5.43 Å². The van der Waals surface area contributed by atoms with E-state index in [1.54, 1.807) is 35.0 Å². The number of rotatable bonds is 3. The van der Waals surface area contributed by atoms with Gasteiger partial charge >= 0.3 is 0 Å². The lowest BCUT2D eigenvalue weighted by Gasteiger charge is -2.27. The Morgan fingerprint density at radius 3 is 2.79 bits per heavy atom. The third-order valence-corrected chi connectivity index (χ3v) is 5.58. The number of hydrogen-bond acceptors (Lipinski definition) is 5. The molecule has 3 heterocycles. The van der Waals surface area contributed by atoms with E-state index in [1.165, 1.54) is 0 Å². The van der Waals surface area contributed by atoms with E-state index in [0.29, 0.717) is 41.0 Å². The number of aromatic nitrogens is 1. The van der Waals surface area contributed by atoms with Crippen molar-refractivity contribution >= 4 is 34.8 Å². The van der Waals surface area contributed by atoms with Gasteiger partial charge < -0.3 is 14.6 Å². The van der Waals surface area contributed by atoms with Crippen LogP contribution in [0.15, 0.2) is 46.4 Å². The van der Waals surface area contributed by atoms with Crippen molar-refractivity contribution in [2.24, 2.45) is 5.10 Å². The smallest absolute Gasteiger partial charge is 0.260 e. The maximum atomic E-state index is 13.2. The minimum absolute atomic E-state index is 0.0922. The maximum Gasteiger partial charge on any atom is 0.260 e. The second kappa shape index (κ2) is 8.05. The van der Waals surface area contributed by atoms with Crippen molar-refractivity contribution in [2.45, 2.75) is 18.6 Å². The van der Waals surface area contributed by atoms with Gasteiger partial charge in [-0.15, -0.1) is 0 Å². The number of hydrazone groups is 1. The molecule has 28 heavy (non-hydrogen) atoms. The molecule has 2 aromatic rings. The summed E-state index contributed by atoms with van der Waals surface area (Å²) in [6, 6.07) is 8.50. The van der Waals surface area contributed by atoms with Crippen LogP contribution >= 0.6 is 23.2 Å². The highest BCUT2D eigenvalue weighted by molar-refractivity contribution is 6.42. The van der Waals surface area contributed by atoms with Crippen LogP contribution in [0.3, 0.4) is 0 Å². The molecule has 146 valence electrons. The molecule has 2 unspecified atom stereocenters. The molecule has 1 amide bonds. The fourth-order valence-corrected chi connectivity index (χ4v) is 3.79. The fraction of sp³-hybridized carbons (Fsp3) is 0.316. The number of hydrogen-bond donors (Lipinski definition) is 2. The van der Waals surface area contributed by atoms with Gasteiger partial charge in [0.05, 0.1) is 40.4 Å². The largest absolute Gasteiger partial charge is 0.370 e. The van der Waals surface area contributed by atoms with Crippen molar-refractivity contribution in [2.75, 3.05) is 19.7 Å². The Bertz CT molecular complexity index is 1000. The number of carbonyl (C=O) groups is 1. The predicted octanol–water partition coefficient (Wildman–Crippen LogP) is 2.28. The lowest BCUT2D eigenvalue weighted by Crippen LogP contribution is -2.36. The number of pyridine rings is 1. The average Bonchev–Trinajstić information content (AvgIpc) is 2.97. The number of ether oxygens (including phenoxy) is 1. The van der Waals surface area contributed by atoms with Crippen LogP contribution in [0.5, 0.6) is 0 Å². The maximum absolute atomic E-state index is 13.2. The lowest BCUT2D eigenvalue weighted by molar-refractivity contribution is -0.119. The molecule has 9 heteroatoms. The molecule has 2 aliphatic heterocycles. The molecule has 2 aliphatic rings. The molecule has 0 bridgehead atoms. The summed E-state index contributed by atoms with van der Waals surface area (Å²) in [6.07, 6.45) is 1.43. The molecule has 0 saturated carbocycles. The summed E-state index contributed by atoms with van der Waals surface area (Å²) in [5.74, 6) is -0.224. The first-order valence-electron chi connectivity index (χ1n) is 8.89. The normalized spacial score (nSPS) is 22.5. The molecular weight excluding hydrogens is 403 g/mol. The van der Waals surface area contributed by atoms with Crippen LogP contribution in [0, 0.1) is 0 Å². The highest BCUT2D eigenvalue weighted by atomic mass is 35.5. The van der Waals surface area contributed by atoms with Gasteiger partial charge in [0.15, 0.2) is 0 Å². The van der Waals surface area contributed by atoms with Crippen LogP contribution in [0.4, 0.5) is 0 Å². The van der Waals surface area contributed by atoms with E-state index in [4.69, 9.17) is 27.9 Å². The number of halogens is 2. The Balaban J connectivity index is 1.75. The van der Waals surface area contributed by atoms with E-state index in [1.807, 2.05) is 6.07 Å². The van der Waals surface area contributed by atoms with Crippen LogP contribution in [0.25, 0.3) is 0 Å². The molecule has 4 rings (SSSR count). The van der Waals surface area contributed by atoms with Gasteiger partial charge in [-0.2, -0.15) is 5.10 Å². The van der Waals surface area contributed by atoms with Crippen molar-refractivity contribution in [3.63, 3.8) is 0 Å². The number of carbonyl (C=O) groups excluding carboxylic acids is 1. The Kier molecular flexibility index (Phi) is 5.50. The van der Waals surface area contributed by atoms with Gasteiger partial charge in [-0.05, 0) is 29.8 Å². The summed E-state index contributed by atoms with van der Waals surface area (Å²) in [5, 5.41) is 8.18. The second-order valence-electron chi connectivity index (χ2n) is 6.64. The number of nitrogens with zero attached hydrogens (tertiary/aromatic N) is 2. The minimum Gasteiger partial charge on any atom is -0.370 e. The molecule has 0 spiro atoms. The molecule has 0 aliphatic carbocycles. The second-order valence-corrected chi connectivity index (χ2v) is 7.46. The summed E-state index contributed by atoms with van der Waals surface area (Å²) in [4.78, 5) is 24.7. The summed E-state index contributed by atoms with van der Waals surface area (Å²) < 4.78 is 7.70. The summed E-state index contributed by atoms with van der Waals surface area (Å²) in [6.45, 7) is 1.72. The minimum atomic E-state index is -0.386. The van der Waals surface area contributed by atoms with Gasteiger partial charge in [0.1, 0.15) is 6.10 Å². The first-order valence-corrected chi connectivity index (χ1v) is 9.64. The summed E-state index contributed by atoms with van der Waals surface area (Å²) in [7, 11) is 0. The van der Waals surface area contributed by atoms with E-state index in [2.05, 4.69) is 15.8 Å². The van der Waals surface area contributed by atoms with E-state index >= 15 is 0 Å². The predicted molar refractivity (Wildman–Crippen MR) is 107 cm³/mol. The molecular formula is C19H18Cl2N4O3. The van der Waals surface area contributed by atoms with E-state index < -0.39 is 0 Å². The topological polar surface area (TPSA) is 84.7 Å². The third kappa shape index (κ3) is 3.71. The van der Waals surface area contributed by atoms with Crippen molar-refractivity contribution in [3.05, 3.63) is 68.1 Å². The summed E-state index contributed by atoms with van der Waals surface area (Å²) >= 11 is 12.2. The molecule has 2 N–H and O–H groups in total. The van der Waals surface area contributed by atoms with Gasteiger partial charge in [-0.3, -0.25) is 9.59 Å². The molecule has 1 saturated heterocycles. The molecule has 1 fully saturated rings. The van der Waals surface area contributed by atoms with Gasteiger partial charge in [0.25, 0.3) is 5.56 Å². The molecule has 0 radical (unpaired) electrons. The number of benzene rings is 1. The third-order valence-electron chi connectivity index (χ3n) is 4.84. The van der Waals surface area contributed by atoms with Gasteiger partial charge in [-0.1, -0.05) is 29.3 Å². The molecule has 7 nitrogen and oxygen atoms in total. The van der Waals surface area contributed by atoms with Gasteiger partial charge in [0, 0.05) is 19.3 Å². The number of amides is 1. The quantitative estimate of drug-likeness (QED) is 0.797. The van der Waals surface area contributed by atoms with E-state index in [-0.39, 0.29) is 30.0 Å². The zero-order valence-corrected chi connectivity index (χ0v) is 16.3. The zero-order valence-electron chi connectivity index (χ0n) is 14.8. The monoisotopic (exact) mass is 420 g/mol.